The predicted octanol–water partition coefficient (Wildman–Crippen LogP) is 4.06. The Kier molecular flexibility index (Phi) is 5.47. The molecular formula is C26H30N4O2. The van der Waals surface area contributed by atoms with Crippen LogP contribution in [0.3, 0.4) is 0 Å². The Balaban J connectivity index is 1.31. The molecule has 0 radical (unpaired) electrons. The molecule has 6 heteroatoms. The van der Waals surface area contributed by atoms with Gasteiger partial charge in [-0.3, -0.25) is 14.4 Å². The molecule has 1 saturated heterocycles. The fraction of sp³-hybridized carbons (Fsp3) is 0.385. The molecule has 2 aromatic carbocycles. The van der Waals surface area contributed by atoms with Crippen LogP contribution < -0.4 is 4.74 Å². The number of nitrogens with zero attached hydrogens (tertiary/aromatic N) is 4. The molecule has 3 heterocycles. The molecule has 1 aromatic heterocycles. The van der Waals surface area contributed by atoms with Crippen molar-refractivity contribution in [3.8, 4) is 17.0 Å². The number of aryl methyl sites for hydroxylation is 3. The van der Waals surface area contributed by atoms with E-state index < -0.39 is 0 Å². The number of carbonyl (C=O) groups excluding carboxylic acids is 1. The normalized spacial score (nSPS) is 15.8. The second kappa shape index (κ2) is 8.43. The van der Waals surface area contributed by atoms with Crippen molar-refractivity contribution in [3.63, 3.8) is 0 Å². The standard InChI is InChI=1S/C26H30N4O2/c1-18-5-7-20(3)21(11-18)14-28-9-4-10-29(17-28)25(31)15-30-26-22(13-27-30)16-32-24-8-6-19(2)12-23(24)26/h5-8,11-13H,4,9-10,14-17H2,1-3H3. The van der Waals surface area contributed by atoms with Gasteiger partial charge < -0.3 is 9.64 Å². The molecule has 32 heavy (non-hydrogen) atoms. The predicted molar refractivity (Wildman–Crippen MR) is 124 cm³/mol. The molecule has 2 aliphatic heterocycles. The minimum absolute atomic E-state index is 0.113. The number of ether oxygens (including phenoxy) is 1. The quantitative estimate of drug-likeness (QED) is 0.626. The lowest BCUT2D eigenvalue weighted by molar-refractivity contribution is -0.136. The zero-order valence-corrected chi connectivity index (χ0v) is 19.1. The highest BCUT2D eigenvalue weighted by atomic mass is 16.5. The zero-order chi connectivity index (χ0) is 22.2. The van der Waals surface area contributed by atoms with Gasteiger partial charge in [-0.1, -0.05) is 35.4 Å². The lowest BCUT2D eigenvalue weighted by Crippen LogP contribution is -2.48. The highest BCUT2D eigenvalue weighted by molar-refractivity contribution is 5.78. The Morgan fingerprint density at radius 3 is 2.75 bits per heavy atom. The number of aromatic nitrogens is 2. The van der Waals surface area contributed by atoms with Crippen LogP contribution in [0.5, 0.6) is 5.75 Å². The first-order valence-electron chi connectivity index (χ1n) is 11.3. The van der Waals surface area contributed by atoms with Gasteiger partial charge in [0.2, 0.25) is 5.91 Å². The maximum atomic E-state index is 13.3. The lowest BCUT2D eigenvalue weighted by atomic mass is 10.0. The minimum atomic E-state index is 0.113. The molecule has 0 aliphatic carbocycles. The Hall–Kier alpha value is -3.12. The molecule has 0 bridgehead atoms. The number of hydrogen-bond donors (Lipinski definition) is 0. The number of fused-ring (bicyclic) bond motifs is 3. The fourth-order valence-electron chi connectivity index (χ4n) is 4.71. The monoisotopic (exact) mass is 430 g/mol. The summed E-state index contributed by atoms with van der Waals surface area (Å²) in [5, 5.41) is 4.54. The van der Waals surface area contributed by atoms with Crippen LogP contribution in [0.25, 0.3) is 11.3 Å². The number of rotatable bonds is 4. The summed E-state index contributed by atoms with van der Waals surface area (Å²) in [6.45, 7) is 10.4. The van der Waals surface area contributed by atoms with E-state index in [0.717, 1.165) is 54.2 Å². The van der Waals surface area contributed by atoms with Gasteiger partial charge in [-0.25, -0.2) is 0 Å². The summed E-state index contributed by atoms with van der Waals surface area (Å²) in [5.74, 6) is 0.970. The molecule has 0 atom stereocenters. The van der Waals surface area contributed by atoms with E-state index in [2.05, 4.69) is 55.0 Å². The second-order valence-electron chi connectivity index (χ2n) is 9.10. The van der Waals surface area contributed by atoms with Crippen molar-refractivity contribution in [2.45, 2.75) is 46.9 Å². The summed E-state index contributed by atoms with van der Waals surface area (Å²) in [5.41, 5.74) is 8.15. The average Bonchev–Trinajstić information content (AvgIpc) is 3.19. The molecule has 0 saturated carbocycles. The van der Waals surface area contributed by atoms with E-state index in [9.17, 15) is 4.79 Å². The van der Waals surface area contributed by atoms with Crippen LogP contribution in [0.1, 0.15) is 34.2 Å². The van der Waals surface area contributed by atoms with E-state index in [4.69, 9.17) is 4.74 Å². The average molecular weight is 431 g/mol. The third-order valence-corrected chi connectivity index (χ3v) is 6.50. The van der Waals surface area contributed by atoms with Crippen molar-refractivity contribution in [3.05, 3.63) is 70.4 Å². The maximum absolute atomic E-state index is 13.3. The molecule has 166 valence electrons. The molecule has 0 N–H and O–H groups in total. The van der Waals surface area contributed by atoms with Crippen molar-refractivity contribution < 1.29 is 9.53 Å². The van der Waals surface area contributed by atoms with Gasteiger partial charge in [0.05, 0.1) is 18.6 Å². The fourth-order valence-corrected chi connectivity index (χ4v) is 4.71. The van der Waals surface area contributed by atoms with E-state index in [1.807, 2.05) is 27.9 Å². The molecule has 1 fully saturated rings. The topological polar surface area (TPSA) is 50.6 Å². The first-order valence-corrected chi connectivity index (χ1v) is 11.3. The summed E-state index contributed by atoms with van der Waals surface area (Å²) in [4.78, 5) is 17.6. The van der Waals surface area contributed by atoms with Crippen LogP contribution >= 0.6 is 0 Å². The molecule has 3 aromatic rings. The van der Waals surface area contributed by atoms with Crippen LogP contribution in [0.2, 0.25) is 0 Å². The summed E-state index contributed by atoms with van der Waals surface area (Å²) >= 11 is 0. The Bertz CT molecular complexity index is 1170. The summed E-state index contributed by atoms with van der Waals surface area (Å²) < 4.78 is 7.72. The number of benzene rings is 2. The maximum Gasteiger partial charge on any atom is 0.245 e. The van der Waals surface area contributed by atoms with E-state index in [1.165, 1.54) is 16.7 Å². The van der Waals surface area contributed by atoms with E-state index >= 15 is 0 Å². The molecule has 5 rings (SSSR count). The molecule has 6 nitrogen and oxygen atoms in total. The van der Waals surface area contributed by atoms with Crippen LogP contribution in [0, 0.1) is 20.8 Å². The van der Waals surface area contributed by atoms with Crippen molar-refractivity contribution in [2.24, 2.45) is 0 Å². The SMILES string of the molecule is Cc1ccc(C)c(CN2CCCN(C(=O)Cn3ncc4c3-c3cc(C)ccc3OC4)C2)c1. The van der Waals surface area contributed by atoms with Crippen LogP contribution in [0.4, 0.5) is 0 Å². The minimum Gasteiger partial charge on any atom is -0.488 e. The highest BCUT2D eigenvalue weighted by Crippen LogP contribution is 2.38. The van der Waals surface area contributed by atoms with Gasteiger partial charge in [-0.05, 0) is 50.5 Å². The van der Waals surface area contributed by atoms with Gasteiger partial charge in [-0.2, -0.15) is 5.10 Å². The van der Waals surface area contributed by atoms with Crippen molar-refractivity contribution in [2.75, 3.05) is 19.8 Å². The smallest absolute Gasteiger partial charge is 0.245 e. The summed E-state index contributed by atoms with van der Waals surface area (Å²) in [7, 11) is 0. The first-order chi connectivity index (χ1) is 15.5. The summed E-state index contributed by atoms with van der Waals surface area (Å²) in [6.07, 6.45) is 2.82. The zero-order valence-electron chi connectivity index (χ0n) is 19.1. The van der Waals surface area contributed by atoms with Crippen molar-refractivity contribution in [1.29, 1.82) is 0 Å². The van der Waals surface area contributed by atoms with E-state index in [0.29, 0.717) is 13.3 Å². The summed E-state index contributed by atoms with van der Waals surface area (Å²) in [6, 6.07) is 12.8. The van der Waals surface area contributed by atoms with Gasteiger partial charge in [0.25, 0.3) is 0 Å². The largest absolute Gasteiger partial charge is 0.488 e. The van der Waals surface area contributed by atoms with Gasteiger partial charge in [0, 0.05) is 30.8 Å². The van der Waals surface area contributed by atoms with Gasteiger partial charge in [0.15, 0.2) is 0 Å². The first kappa shape index (κ1) is 20.8. The van der Waals surface area contributed by atoms with E-state index in [-0.39, 0.29) is 12.5 Å². The van der Waals surface area contributed by atoms with Crippen LogP contribution in [-0.2, 0) is 24.5 Å². The lowest BCUT2D eigenvalue weighted by Gasteiger charge is -2.36. The molecular weight excluding hydrogens is 400 g/mol. The van der Waals surface area contributed by atoms with E-state index in [1.54, 1.807) is 0 Å². The van der Waals surface area contributed by atoms with Gasteiger partial charge in [-0.15, -0.1) is 0 Å². The second-order valence-corrected chi connectivity index (χ2v) is 9.10. The Morgan fingerprint density at radius 1 is 1.06 bits per heavy atom. The highest BCUT2D eigenvalue weighted by Gasteiger charge is 2.26. The number of amides is 1. The molecule has 2 aliphatic rings. The molecule has 1 amide bonds. The van der Waals surface area contributed by atoms with Gasteiger partial charge in [0.1, 0.15) is 18.9 Å². The van der Waals surface area contributed by atoms with Crippen molar-refractivity contribution in [1.82, 2.24) is 19.6 Å². The van der Waals surface area contributed by atoms with Crippen molar-refractivity contribution >= 4 is 5.91 Å². The Morgan fingerprint density at radius 2 is 1.88 bits per heavy atom. The molecule has 0 unspecified atom stereocenters. The third-order valence-electron chi connectivity index (χ3n) is 6.50. The van der Waals surface area contributed by atoms with Crippen LogP contribution in [-0.4, -0.2) is 45.2 Å². The number of hydrogen-bond acceptors (Lipinski definition) is 4. The number of carbonyl (C=O) groups is 1. The third kappa shape index (κ3) is 4.02. The Labute approximate surface area is 189 Å². The van der Waals surface area contributed by atoms with Gasteiger partial charge >= 0.3 is 0 Å². The van der Waals surface area contributed by atoms with Crippen LogP contribution in [0.15, 0.2) is 42.6 Å². The molecule has 0 spiro atoms.